The molecule has 58 valence electrons. The Morgan fingerprint density at radius 2 is 2.45 bits per heavy atom. The lowest BCUT2D eigenvalue weighted by molar-refractivity contribution is 1.24. The maximum atomic E-state index is 5.79. The van der Waals surface area contributed by atoms with E-state index in [-0.39, 0.29) is 0 Å². The lowest BCUT2D eigenvalue weighted by atomic mass is 10.2. The molecule has 1 heterocycles. The molecule has 0 unspecified atom stereocenters. The monoisotopic (exact) mass is 186 g/mol. The topological polar surface area (TPSA) is 38.9 Å². The highest BCUT2D eigenvalue weighted by molar-refractivity contribution is 7.80. The first-order valence-corrected chi connectivity index (χ1v) is 3.85. The van der Waals surface area contributed by atoms with Crippen LogP contribution in [0.4, 0.5) is 0 Å². The molecule has 1 aromatic rings. The molecule has 2 N–H and O–H groups in total. The first-order valence-electron chi connectivity index (χ1n) is 3.07. The molecule has 0 aromatic carbocycles. The van der Waals surface area contributed by atoms with E-state index in [0.717, 1.165) is 5.56 Å². The van der Waals surface area contributed by atoms with Crippen molar-refractivity contribution in [2.75, 3.05) is 0 Å². The van der Waals surface area contributed by atoms with Crippen LogP contribution >= 0.6 is 23.8 Å². The van der Waals surface area contributed by atoms with Gasteiger partial charge in [0.2, 0.25) is 0 Å². The molecule has 1 aromatic heterocycles. The van der Waals surface area contributed by atoms with Crippen LogP contribution in [0.1, 0.15) is 5.56 Å². The summed E-state index contributed by atoms with van der Waals surface area (Å²) >= 11 is 10.5. The highest BCUT2D eigenvalue weighted by Gasteiger charge is 1.99. The van der Waals surface area contributed by atoms with Gasteiger partial charge in [-0.15, -0.1) is 0 Å². The largest absolute Gasteiger partial charge is 0.393 e. The molecule has 0 aliphatic heterocycles. The first-order chi connectivity index (χ1) is 5.20. The van der Waals surface area contributed by atoms with Crippen molar-refractivity contribution >= 4 is 28.8 Å². The molecule has 0 radical (unpaired) electrons. The third-order valence-electron chi connectivity index (χ3n) is 1.22. The van der Waals surface area contributed by atoms with Gasteiger partial charge in [0, 0.05) is 18.8 Å². The fraction of sp³-hybridized carbons (Fsp3) is 0.143. The number of halogens is 1. The fourth-order valence-electron chi connectivity index (χ4n) is 0.735. The van der Waals surface area contributed by atoms with E-state index < -0.39 is 0 Å². The van der Waals surface area contributed by atoms with Crippen molar-refractivity contribution in [2.24, 2.45) is 5.73 Å². The zero-order valence-corrected chi connectivity index (χ0v) is 7.32. The van der Waals surface area contributed by atoms with Crippen LogP contribution in [0.25, 0.3) is 0 Å². The maximum Gasteiger partial charge on any atom is 0.0772 e. The quantitative estimate of drug-likeness (QED) is 0.713. The van der Waals surface area contributed by atoms with Gasteiger partial charge in [0.25, 0.3) is 0 Å². The lowest BCUT2D eigenvalue weighted by Gasteiger charge is -1.99. The maximum absolute atomic E-state index is 5.79. The molecular formula is C7H7ClN2S. The van der Waals surface area contributed by atoms with E-state index in [4.69, 9.17) is 29.6 Å². The molecule has 0 atom stereocenters. The van der Waals surface area contributed by atoms with Crippen molar-refractivity contribution in [2.45, 2.75) is 6.42 Å². The van der Waals surface area contributed by atoms with Gasteiger partial charge < -0.3 is 5.73 Å². The van der Waals surface area contributed by atoms with Gasteiger partial charge in [-0.1, -0.05) is 23.8 Å². The lowest BCUT2D eigenvalue weighted by Crippen LogP contribution is -2.11. The smallest absolute Gasteiger partial charge is 0.0772 e. The van der Waals surface area contributed by atoms with Gasteiger partial charge in [0.15, 0.2) is 0 Å². The van der Waals surface area contributed by atoms with Crippen molar-refractivity contribution in [1.29, 1.82) is 0 Å². The number of nitrogens with zero attached hydrogens (tertiary/aromatic N) is 1. The number of hydrogen-bond donors (Lipinski definition) is 1. The van der Waals surface area contributed by atoms with E-state index in [0.29, 0.717) is 16.4 Å². The van der Waals surface area contributed by atoms with E-state index in [1.807, 2.05) is 6.07 Å². The number of nitrogens with two attached hydrogens (primary N) is 1. The number of pyridine rings is 1. The average Bonchev–Trinajstić information content (AvgIpc) is 1.93. The minimum atomic E-state index is 0.443. The van der Waals surface area contributed by atoms with Crippen molar-refractivity contribution in [1.82, 2.24) is 4.98 Å². The average molecular weight is 187 g/mol. The Bertz CT molecular complexity index is 275. The number of aromatic nitrogens is 1. The Balaban J connectivity index is 2.86. The minimum absolute atomic E-state index is 0.443. The predicted molar refractivity (Wildman–Crippen MR) is 49.7 cm³/mol. The number of rotatable bonds is 2. The summed E-state index contributed by atoms with van der Waals surface area (Å²) < 4.78 is 0. The summed E-state index contributed by atoms with van der Waals surface area (Å²) in [6.07, 6.45) is 3.78. The molecule has 0 saturated carbocycles. The van der Waals surface area contributed by atoms with E-state index in [1.54, 1.807) is 12.4 Å². The molecule has 0 aliphatic rings. The van der Waals surface area contributed by atoms with Crippen LogP contribution in [-0.2, 0) is 6.42 Å². The summed E-state index contributed by atoms with van der Waals surface area (Å²) in [5.74, 6) is 0. The van der Waals surface area contributed by atoms with Crippen LogP contribution in [0.3, 0.4) is 0 Å². The summed E-state index contributed by atoms with van der Waals surface area (Å²) in [4.78, 5) is 4.28. The van der Waals surface area contributed by atoms with Gasteiger partial charge in [-0.3, -0.25) is 4.98 Å². The van der Waals surface area contributed by atoms with Crippen molar-refractivity contribution in [3.63, 3.8) is 0 Å². The summed E-state index contributed by atoms with van der Waals surface area (Å²) in [5, 5.41) is 0.611. The molecule has 4 heteroatoms. The Morgan fingerprint density at radius 1 is 1.73 bits per heavy atom. The zero-order valence-electron chi connectivity index (χ0n) is 5.75. The van der Waals surface area contributed by atoms with Crippen LogP contribution in [-0.4, -0.2) is 9.97 Å². The molecule has 0 fully saturated rings. The van der Waals surface area contributed by atoms with Crippen LogP contribution in [0.5, 0.6) is 0 Å². The standard InChI is InChI=1S/C7H7ClN2S/c8-6-4-10-2-1-5(6)3-7(9)11/h1-2,4H,3H2,(H2,9,11). The van der Waals surface area contributed by atoms with Crippen molar-refractivity contribution in [3.05, 3.63) is 29.0 Å². The summed E-state index contributed by atoms with van der Waals surface area (Å²) in [7, 11) is 0. The first kappa shape index (κ1) is 8.43. The minimum Gasteiger partial charge on any atom is -0.393 e. The summed E-state index contributed by atoms with van der Waals surface area (Å²) in [6, 6.07) is 1.81. The van der Waals surface area contributed by atoms with Gasteiger partial charge >= 0.3 is 0 Å². The Morgan fingerprint density at radius 3 is 3.00 bits per heavy atom. The summed E-state index contributed by atoms with van der Waals surface area (Å²) in [5.41, 5.74) is 6.27. The second-order valence-electron chi connectivity index (χ2n) is 2.11. The third kappa shape index (κ3) is 2.44. The van der Waals surface area contributed by atoms with E-state index in [1.165, 1.54) is 0 Å². The zero-order chi connectivity index (χ0) is 8.27. The molecule has 0 spiro atoms. The van der Waals surface area contributed by atoms with Crippen LogP contribution < -0.4 is 5.73 Å². The third-order valence-corrected chi connectivity index (χ3v) is 1.71. The van der Waals surface area contributed by atoms with E-state index in [2.05, 4.69) is 4.98 Å². The second kappa shape index (κ2) is 3.64. The molecule has 11 heavy (non-hydrogen) atoms. The Hall–Kier alpha value is -0.670. The van der Waals surface area contributed by atoms with Crippen molar-refractivity contribution in [3.8, 4) is 0 Å². The number of thiocarbonyl (C=S) groups is 1. The normalized spacial score (nSPS) is 9.55. The molecule has 2 nitrogen and oxygen atoms in total. The Labute approximate surface area is 75.4 Å². The second-order valence-corrected chi connectivity index (χ2v) is 3.04. The van der Waals surface area contributed by atoms with Gasteiger partial charge in [0.05, 0.1) is 10.0 Å². The number of hydrogen-bond acceptors (Lipinski definition) is 2. The van der Waals surface area contributed by atoms with Crippen molar-refractivity contribution < 1.29 is 0 Å². The van der Waals surface area contributed by atoms with Gasteiger partial charge in [-0.05, 0) is 11.6 Å². The highest BCUT2D eigenvalue weighted by atomic mass is 35.5. The van der Waals surface area contributed by atoms with Crippen LogP contribution in [0, 0.1) is 0 Å². The molecular weight excluding hydrogens is 180 g/mol. The fourth-order valence-corrected chi connectivity index (χ4v) is 1.08. The van der Waals surface area contributed by atoms with Crippen LogP contribution in [0.2, 0.25) is 5.02 Å². The molecule has 1 rings (SSSR count). The van der Waals surface area contributed by atoms with E-state index >= 15 is 0 Å². The predicted octanol–water partition coefficient (Wildman–Crippen LogP) is 1.56. The van der Waals surface area contributed by atoms with Gasteiger partial charge in [-0.2, -0.15) is 0 Å². The molecule has 0 aliphatic carbocycles. The SMILES string of the molecule is NC(=S)Cc1ccncc1Cl. The molecule has 0 saturated heterocycles. The summed E-state index contributed by atoms with van der Waals surface area (Å²) in [6.45, 7) is 0. The molecule has 0 bridgehead atoms. The van der Waals surface area contributed by atoms with Gasteiger partial charge in [0.1, 0.15) is 0 Å². The van der Waals surface area contributed by atoms with Gasteiger partial charge in [-0.25, -0.2) is 0 Å². The Kier molecular flexibility index (Phi) is 2.79. The molecule has 0 amide bonds. The highest BCUT2D eigenvalue weighted by Crippen LogP contribution is 2.13. The van der Waals surface area contributed by atoms with E-state index in [9.17, 15) is 0 Å². The van der Waals surface area contributed by atoms with Crippen LogP contribution in [0.15, 0.2) is 18.5 Å².